The van der Waals surface area contributed by atoms with E-state index in [4.69, 9.17) is 5.26 Å². The van der Waals surface area contributed by atoms with E-state index in [0.717, 1.165) is 16.3 Å². The van der Waals surface area contributed by atoms with Crippen LogP contribution in [-0.2, 0) is 21.4 Å². The molecule has 0 aliphatic carbocycles. The number of sulfonamides is 1. The Kier molecular flexibility index (Phi) is 5.05. The molecule has 0 aromatic heterocycles. The third-order valence-corrected chi connectivity index (χ3v) is 6.55. The lowest BCUT2D eigenvalue weighted by atomic mass is 10.1. The molecule has 1 heterocycles. The summed E-state index contributed by atoms with van der Waals surface area (Å²) in [5.41, 5.74) is 1.46. The van der Waals surface area contributed by atoms with Crippen molar-refractivity contribution >= 4 is 26.7 Å². The van der Waals surface area contributed by atoms with Crippen molar-refractivity contribution in [3.63, 3.8) is 0 Å². The first-order chi connectivity index (χ1) is 14.0. The first-order valence-electron chi connectivity index (χ1n) is 9.25. The number of nitriles is 1. The summed E-state index contributed by atoms with van der Waals surface area (Å²) < 4.78 is 28.2. The highest BCUT2D eigenvalue weighted by atomic mass is 32.2. The van der Waals surface area contributed by atoms with Gasteiger partial charge in [0.2, 0.25) is 15.9 Å². The fraction of sp³-hybridized carbons (Fsp3) is 0.182. The number of fused-ring (bicyclic) bond motifs is 1. The summed E-state index contributed by atoms with van der Waals surface area (Å²) in [6, 6.07) is 20.8. The zero-order valence-electron chi connectivity index (χ0n) is 15.6. The average molecular weight is 405 g/mol. The van der Waals surface area contributed by atoms with Crippen molar-refractivity contribution < 1.29 is 13.2 Å². The lowest BCUT2D eigenvalue weighted by molar-refractivity contribution is -0.129. The van der Waals surface area contributed by atoms with Crippen molar-refractivity contribution in [2.45, 2.75) is 23.9 Å². The molecule has 4 rings (SSSR count). The predicted molar refractivity (Wildman–Crippen MR) is 109 cm³/mol. The molecule has 3 aromatic rings. The van der Waals surface area contributed by atoms with Gasteiger partial charge in [0.05, 0.1) is 16.5 Å². The van der Waals surface area contributed by atoms with Gasteiger partial charge in [-0.2, -0.15) is 9.98 Å². The number of rotatable bonds is 5. The molecule has 1 amide bonds. The molecular weight excluding hydrogens is 386 g/mol. The Morgan fingerprint density at radius 3 is 2.48 bits per heavy atom. The van der Waals surface area contributed by atoms with E-state index in [1.54, 1.807) is 47.4 Å². The van der Waals surface area contributed by atoms with Crippen LogP contribution in [0.3, 0.4) is 0 Å². The van der Waals surface area contributed by atoms with E-state index in [0.29, 0.717) is 25.1 Å². The van der Waals surface area contributed by atoms with Crippen LogP contribution in [0, 0.1) is 11.3 Å². The van der Waals surface area contributed by atoms with Crippen LogP contribution in [0.5, 0.6) is 0 Å². The standard InChI is InChI=1S/C22H19N3O3S/c23-14-16-5-7-17(8-6-16)15-25-12-11-21(22(25)26)24-29(27,28)20-10-9-18-3-1-2-4-19(18)13-20/h1-10,13,21,24H,11-12,15H2. The summed E-state index contributed by atoms with van der Waals surface area (Å²) in [7, 11) is -3.81. The number of hydrogen-bond acceptors (Lipinski definition) is 4. The molecule has 1 saturated heterocycles. The minimum atomic E-state index is -3.81. The van der Waals surface area contributed by atoms with Gasteiger partial charge in [-0.25, -0.2) is 8.42 Å². The van der Waals surface area contributed by atoms with Gasteiger partial charge < -0.3 is 4.90 Å². The van der Waals surface area contributed by atoms with Gasteiger partial charge in [-0.05, 0) is 47.0 Å². The third kappa shape index (κ3) is 3.99. The van der Waals surface area contributed by atoms with Crippen LogP contribution in [0.1, 0.15) is 17.5 Å². The van der Waals surface area contributed by atoms with Crippen LogP contribution in [0.25, 0.3) is 10.8 Å². The van der Waals surface area contributed by atoms with Gasteiger partial charge in [0.1, 0.15) is 6.04 Å². The van der Waals surface area contributed by atoms with E-state index >= 15 is 0 Å². The highest BCUT2D eigenvalue weighted by molar-refractivity contribution is 7.89. The van der Waals surface area contributed by atoms with Gasteiger partial charge >= 0.3 is 0 Å². The lowest BCUT2D eigenvalue weighted by Gasteiger charge is -2.17. The van der Waals surface area contributed by atoms with Crippen LogP contribution < -0.4 is 4.72 Å². The Bertz CT molecular complexity index is 1210. The normalized spacial score (nSPS) is 16.9. The molecule has 1 fully saturated rings. The summed E-state index contributed by atoms with van der Waals surface area (Å²) in [6.07, 6.45) is 0.419. The molecule has 1 aliphatic rings. The third-order valence-electron chi connectivity index (χ3n) is 5.08. The van der Waals surface area contributed by atoms with Gasteiger partial charge in [0.25, 0.3) is 0 Å². The molecule has 7 heteroatoms. The second-order valence-electron chi connectivity index (χ2n) is 7.04. The van der Waals surface area contributed by atoms with Crippen LogP contribution in [0.15, 0.2) is 71.6 Å². The van der Waals surface area contributed by atoms with E-state index in [-0.39, 0.29) is 10.8 Å². The summed E-state index contributed by atoms with van der Waals surface area (Å²) in [5.74, 6) is -0.237. The molecule has 3 aromatic carbocycles. The fourth-order valence-corrected chi connectivity index (χ4v) is 4.76. The van der Waals surface area contributed by atoms with Gasteiger partial charge in [-0.1, -0.05) is 42.5 Å². The molecule has 29 heavy (non-hydrogen) atoms. The number of hydrogen-bond donors (Lipinski definition) is 1. The largest absolute Gasteiger partial charge is 0.337 e. The Balaban J connectivity index is 1.47. The maximum absolute atomic E-state index is 12.8. The SMILES string of the molecule is N#Cc1ccc(CN2CCC(NS(=O)(=O)c3ccc4ccccc4c3)C2=O)cc1. The van der Waals surface area contributed by atoms with E-state index in [2.05, 4.69) is 10.8 Å². The maximum atomic E-state index is 12.8. The summed E-state index contributed by atoms with van der Waals surface area (Å²) in [4.78, 5) is 14.5. The Labute approximate surface area is 169 Å². The second kappa shape index (κ2) is 7.66. The van der Waals surface area contributed by atoms with Gasteiger partial charge in [0, 0.05) is 13.1 Å². The zero-order valence-corrected chi connectivity index (χ0v) is 16.4. The quantitative estimate of drug-likeness (QED) is 0.707. The maximum Gasteiger partial charge on any atom is 0.241 e. The smallest absolute Gasteiger partial charge is 0.241 e. The number of benzene rings is 3. The van der Waals surface area contributed by atoms with E-state index in [9.17, 15) is 13.2 Å². The molecule has 0 saturated carbocycles. The first-order valence-corrected chi connectivity index (χ1v) is 10.7. The molecular formula is C22H19N3O3S. The second-order valence-corrected chi connectivity index (χ2v) is 8.75. The Morgan fingerprint density at radius 1 is 1.03 bits per heavy atom. The van der Waals surface area contributed by atoms with Crippen LogP contribution in [-0.4, -0.2) is 31.8 Å². The van der Waals surface area contributed by atoms with Crippen molar-refractivity contribution in [1.29, 1.82) is 5.26 Å². The number of nitrogens with zero attached hydrogens (tertiary/aromatic N) is 2. The Hall–Kier alpha value is -3.21. The van der Waals surface area contributed by atoms with E-state index in [1.807, 2.05) is 24.3 Å². The predicted octanol–water partition coefficient (Wildman–Crippen LogP) is 2.79. The van der Waals surface area contributed by atoms with E-state index in [1.165, 1.54) is 0 Å². The summed E-state index contributed by atoms with van der Waals surface area (Å²) >= 11 is 0. The van der Waals surface area contributed by atoms with Crippen molar-refractivity contribution in [3.8, 4) is 6.07 Å². The number of carbonyl (C=O) groups excluding carboxylic acids is 1. The zero-order chi connectivity index (χ0) is 20.4. The average Bonchev–Trinajstić information content (AvgIpc) is 3.07. The van der Waals surface area contributed by atoms with Crippen molar-refractivity contribution in [2.75, 3.05) is 6.54 Å². The number of nitrogens with one attached hydrogen (secondary N) is 1. The van der Waals surface area contributed by atoms with Crippen molar-refractivity contribution in [1.82, 2.24) is 9.62 Å². The molecule has 6 nitrogen and oxygen atoms in total. The highest BCUT2D eigenvalue weighted by Crippen LogP contribution is 2.21. The minimum absolute atomic E-state index is 0.148. The molecule has 0 radical (unpaired) electrons. The van der Waals surface area contributed by atoms with Crippen molar-refractivity contribution in [2.24, 2.45) is 0 Å². The molecule has 1 aliphatic heterocycles. The fourth-order valence-electron chi connectivity index (χ4n) is 3.50. The highest BCUT2D eigenvalue weighted by Gasteiger charge is 2.34. The van der Waals surface area contributed by atoms with Gasteiger partial charge in [0.15, 0.2) is 0 Å². The molecule has 0 spiro atoms. The monoisotopic (exact) mass is 405 g/mol. The van der Waals surface area contributed by atoms with E-state index < -0.39 is 16.1 Å². The van der Waals surface area contributed by atoms with Crippen LogP contribution in [0.2, 0.25) is 0 Å². The molecule has 146 valence electrons. The summed E-state index contributed by atoms with van der Waals surface area (Å²) in [5, 5.41) is 10.7. The number of likely N-dealkylation sites (tertiary alicyclic amines) is 1. The lowest BCUT2D eigenvalue weighted by Crippen LogP contribution is -2.41. The summed E-state index contributed by atoms with van der Waals surface area (Å²) in [6.45, 7) is 0.864. The van der Waals surface area contributed by atoms with Crippen LogP contribution >= 0.6 is 0 Å². The van der Waals surface area contributed by atoms with Crippen molar-refractivity contribution in [3.05, 3.63) is 77.9 Å². The van der Waals surface area contributed by atoms with Gasteiger partial charge in [-0.15, -0.1) is 0 Å². The molecule has 1 N–H and O–H groups in total. The molecule has 1 atom stereocenters. The molecule has 1 unspecified atom stereocenters. The first kappa shape index (κ1) is 19.1. The van der Waals surface area contributed by atoms with Crippen LogP contribution in [0.4, 0.5) is 0 Å². The Morgan fingerprint density at radius 2 is 1.76 bits per heavy atom. The number of amides is 1. The number of carbonyl (C=O) groups is 1. The molecule has 0 bridgehead atoms. The van der Waals surface area contributed by atoms with Gasteiger partial charge in [-0.3, -0.25) is 4.79 Å². The minimum Gasteiger partial charge on any atom is -0.337 e. The topological polar surface area (TPSA) is 90.3 Å².